The van der Waals surface area contributed by atoms with Crippen molar-refractivity contribution < 1.29 is 14.6 Å². The first-order valence-corrected chi connectivity index (χ1v) is 8.65. The predicted molar refractivity (Wildman–Crippen MR) is 87.5 cm³/mol. The summed E-state index contributed by atoms with van der Waals surface area (Å²) in [6.07, 6.45) is 4.20. The zero-order chi connectivity index (χ0) is 17.2. The maximum Gasteiger partial charge on any atom is 0.251 e. The Hall–Kier alpha value is -1.73. The quantitative estimate of drug-likeness (QED) is 0.861. The van der Waals surface area contributed by atoms with Crippen LogP contribution in [0.4, 0.5) is 0 Å². The molecule has 1 aliphatic carbocycles. The molecule has 0 bridgehead atoms. The van der Waals surface area contributed by atoms with Crippen LogP contribution in [0.3, 0.4) is 0 Å². The minimum Gasteiger partial charge on any atom is -0.389 e. The van der Waals surface area contributed by atoms with Gasteiger partial charge in [0.2, 0.25) is 5.91 Å². The number of carbonyl (C=O) groups is 1. The van der Waals surface area contributed by atoms with Crippen LogP contribution in [-0.4, -0.2) is 51.2 Å². The van der Waals surface area contributed by atoms with E-state index >= 15 is 0 Å². The fourth-order valence-electron chi connectivity index (χ4n) is 3.58. The van der Waals surface area contributed by atoms with E-state index in [9.17, 15) is 14.7 Å². The first-order valence-electron chi connectivity index (χ1n) is 8.65. The standard InChI is InChI=1S/C17H25N3O4/c1-12-9-14(21)19-16(18-12)13-11-20(7-8-24-13)15(22)10-17(23)5-3-2-4-6-17/h9,13,23H,2-8,10-11H2,1H3,(H,18,19,21)/t13-/m1/s1. The normalized spacial score (nSPS) is 23.9. The van der Waals surface area contributed by atoms with Gasteiger partial charge in [0.05, 0.1) is 25.2 Å². The third kappa shape index (κ3) is 4.02. The van der Waals surface area contributed by atoms with Crippen LogP contribution in [0.1, 0.15) is 56.1 Å². The fourth-order valence-corrected chi connectivity index (χ4v) is 3.58. The summed E-state index contributed by atoms with van der Waals surface area (Å²) in [6.45, 7) is 3.00. The minimum atomic E-state index is -0.862. The lowest BCUT2D eigenvalue weighted by atomic mass is 9.82. The highest BCUT2D eigenvalue weighted by Gasteiger charge is 2.35. The molecule has 3 rings (SSSR count). The number of hydrogen-bond donors (Lipinski definition) is 2. The van der Waals surface area contributed by atoms with E-state index in [4.69, 9.17) is 4.74 Å². The number of aromatic nitrogens is 2. The molecule has 7 nitrogen and oxygen atoms in total. The van der Waals surface area contributed by atoms with Crippen molar-refractivity contribution in [3.8, 4) is 0 Å². The summed E-state index contributed by atoms with van der Waals surface area (Å²) in [5.41, 5.74) is -0.461. The van der Waals surface area contributed by atoms with E-state index in [0.717, 1.165) is 19.3 Å². The first-order chi connectivity index (χ1) is 11.5. The van der Waals surface area contributed by atoms with Gasteiger partial charge in [-0.05, 0) is 19.8 Å². The van der Waals surface area contributed by atoms with E-state index in [1.54, 1.807) is 11.8 Å². The van der Waals surface area contributed by atoms with Crippen LogP contribution < -0.4 is 5.56 Å². The average molecular weight is 335 g/mol. The van der Waals surface area contributed by atoms with Gasteiger partial charge in [0.25, 0.3) is 5.56 Å². The third-order valence-electron chi connectivity index (χ3n) is 4.88. The van der Waals surface area contributed by atoms with Crippen molar-refractivity contribution in [3.63, 3.8) is 0 Å². The van der Waals surface area contributed by atoms with Crippen molar-refractivity contribution in [1.29, 1.82) is 0 Å². The first kappa shape index (κ1) is 17.1. The maximum absolute atomic E-state index is 12.6. The summed E-state index contributed by atoms with van der Waals surface area (Å²) in [5, 5.41) is 10.6. The van der Waals surface area contributed by atoms with E-state index in [-0.39, 0.29) is 17.9 Å². The van der Waals surface area contributed by atoms with Gasteiger partial charge in [0, 0.05) is 18.3 Å². The molecule has 2 heterocycles. The van der Waals surface area contributed by atoms with Gasteiger partial charge in [-0.25, -0.2) is 4.98 Å². The van der Waals surface area contributed by atoms with Crippen molar-refractivity contribution in [2.75, 3.05) is 19.7 Å². The van der Waals surface area contributed by atoms with Gasteiger partial charge in [0.15, 0.2) is 0 Å². The summed E-state index contributed by atoms with van der Waals surface area (Å²) >= 11 is 0. The summed E-state index contributed by atoms with van der Waals surface area (Å²) in [7, 11) is 0. The number of hydrogen-bond acceptors (Lipinski definition) is 5. The highest BCUT2D eigenvalue weighted by molar-refractivity contribution is 5.77. The lowest BCUT2D eigenvalue weighted by molar-refractivity contribution is -0.145. The van der Waals surface area contributed by atoms with E-state index in [2.05, 4.69) is 9.97 Å². The largest absolute Gasteiger partial charge is 0.389 e. The molecule has 1 amide bonds. The Morgan fingerprint density at radius 2 is 2.21 bits per heavy atom. The molecule has 24 heavy (non-hydrogen) atoms. The molecule has 2 aliphatic rings. The topological polar surface area (TPSA) is 95.5 Å². The van der Waals surface area contributed by atoms with Crippen LogP contribution in [0.5, 0.6) is 0 Å². The Balaban J connectivity index is 1.66. The number of amides is 1. The summed E-state index contributed by atoms with van der Waals surface area (Å²) in [5.74, 6) is 0.400. The van der Waals surface area contributed by atoms with E-state index in [1.165, 1.54) is 6.07 Å². The van der Waals surface area contributed by atoms with Gasteiger partial charge in [-0.1, -0.05) is 19.3 Å². The van der Waals surface area contributed by atoms with Gasteiger partial charge < -0.3 is 19.7 Å². The maximum atomic E-state index is 12.6. The van der Waals surface area contributed by atoms with Crippen molar-refractivity contribution in [2.24, 2.45) is 0 Å². The zero-order valence-corrected chi connectivity index (χ0v) is 14.1. The predicted octanol–water partition coefficient (Wildman–Crippen LogP) is 1.06. The second kappa shape index (κ2) is 7.03. The van der Waals surface area contributed by atoms with Crippen LogP contribution in [0.2, 0.25) is 0 Å². The van der Waals surface area contributed by atoms with E-state index < -0.39 is 11.7 Å². The molecular weight excluding hydrogens is 310 g/mol. The number of carbonyl (C=O) groups excluding carboxylic acids is 1. The monoisotopic (exact) mass is 335 g/mol. The molecule has 2 fully saturated rings. The Bertz CT molecular complexity index is 651. The molecule has 1 aromatic rings. The fraction of sp³-hybridized carbons (Fsp3) is 0.706. The highest BCUT2D eigenvalue weighted by Crippen LogP contribution is 2.32. The molecule has 1 aromatic heterocycles. The summed E-state index contributed by atoms with van der Waals surface area (Å²) < 4.78 is 5.68. The molecule has 0 aromatic carbocycles. The minimum absolute atomic E-state index is 0.0531. The zero-order valence-electron chi connectivity index (χ0n) is 14.1. The molecule has 0 spiro atoms. The molecule has 1 saturated heterocycles. The Labute approximate surface area is 141 Å². The molecule has 7 heteroatoms. The Morgan fingerprint density at radius 3 is 2.92 bits per heavy atom. The number of morpholine rings is 1. The second-order valence-electron chi connectivity index (χ2n) is 6.93. The van der Waals surface area contributed by atoms with E-state index in [1.807, 2.05) is 0 Å². The lowest BCUT2D eigenvalue weighted by Gasteiger charge is -2.36. The number of nitrogens with one attached hydrogen (secondary N) is 1. The van der Waals surface area contributed by atoms with Gasteiger partial charge in [-0.2, -0.15) is 0 Å². The Morgan fingerprint density at radius 1 is 1.46 bits per heavy atom. The summed E-state index contributed by atoms with van der Waals surface area (Å²) in [6, 6.07) is 1.42. The number of nitrogens with zero attached hydrogens (tertiary/aromatic N) is 2. The van der Waals surface area contributed by atoms with Crippen LogP contribution in [0.15, 0.2) is 10.9 Å². The Kier molecular flexibility index (Phi) is 5.01. The number of aryl methyl sites for hydroxylation is 1. The third-order valence-corrected chi connectivity index (χ3v) is 4.88. The summed E-state index contributed by atoms with van der Waals surface area (Å²) in [4.78, 5) is 32.9. The number of H-pyrrole nitrogens is 1. The molecule has 1 aliphatic heterocycles. The average Bonchev–Trinajstić information content (AvgIpc) is 2.54. The highest BCUT2D eigenvalue weighted by atomic mass is 16.5. The van der Waals surface area contributed by atoms with Crippen molar-refractivity contribution in [1.82, 2.24) is 14.9 Å². The number of aromatic amines is 1. The number of aliphatic hydroxyl groups is 1. The van der Waals surface area contributed by atoms with Gasteiger partial charge in [-0.3, -0.25) is 9.59 Å². The lowest BCUT2D eigenvalue weighted by Crippen LogP contribution is -2.46. The SMILES string of the molecule is Cc1cc(=O)[nH]c([C@H]2CN(C(=O)CC3(O)CCCCC3)CCO2)n1. The molecule has 0 radical (unpaired) electrons. The van der Waals surface area contributed by atoms with Crippen LogP contribution in [-0.2, 0) is 9.53 Å². The molecule has 132 valence electrons. The molecule has 0 unspecified atom stereocenters. The van der Waals surface area contributed by atoms with Crippen LogP contribution in [0.25, 0.3) is 0 Å². The van der Waals surface area contributed by atoms with E-state index in [0.29, 0.717) is 44.1 Å². The molecule has 2 N–H and O–H groups in total. The van der Waals surface area contributed by atoms with Crippen LogP contribution in [0, 0.1) is 6.92 Å². The van der Waals surface area contributed by atoms with Gasteiger partial charge >= 0.3 is 0 Å². The van der Waals surface area contributed by atoms with Crippen LogP contribution >= 0.6 is 0 Å². The smallest absolute Gasteiger partial charge is 0.251 e. The second-order valence-corrected chi connectivity index (χ2v) is 6.93. The number of ether oxygens (including phenoxy) is 1. The van der Waals surface area contributed by atoms with Crippen molar-refractivity contribution in [2.45, 2.75) is 57.2 Å². The van der Waals surface area contributed by atoms with Gasteiger partial charge in [-0.15, -0.1) is 0 Å². The van der Waals surface area contributed by atoms with Crippen molar-refractivity contribution in [3.05, 3.63) is 27.9 Å². The van der Waals surface area contributed by atoms with Crippen molar-refractivity contribution >= 4 is 5.91 Å². The molecule has 1 atom stereocenters. The molecule has 1 saturated carbocycles. The molecular formula is C17H25N3O4. The van der Waals surface area contributed by atoms with Gasteiger partial charge in [0.1, 0.15) is 11.9 Å². The number of rotatable bonds is 3.